The average molecular weight is 309 g/mol. The van der Waals surface area contributed by atoms with Gasteiger partial charge < -0.3 is 10.5 Å². The van der Waals surface area contributed by atoms with Gasteiger partial charge in [-0.25, -0.2) is 13.8 Å². The molecule has 0 bridgehead atoms. The third-order valence-electron chi connectivity index (χ3n) is 1.86. The van der Waals surface area contributed by atoms with Gasteiger partial charge in [0.2, 0.25) is 0 Å². The van der Waals surface area contributed by atoms with Crippen molar-refractivity contribution < 1.29 is 23.1 Å². The Morgan fingerprint density at radius 3 is 2.50 bits per heavy atom. The van der Waals surface area contributed by atoms with E-state index in [0.717, 1.165) is 6.20 Å². The number of carbonyl (C=O) groups excluding carboxylic acids is 2. The van der Waals surface area contributed by atoms with E-state index in [1.54, 1.807) is 6.92 Å². The van der Waals surface area contributed by atoms with Gasteiger partial charge >= 0.3 is 5.97 Å². The summed E-state index contributed by atoms with van der Waals surface area (Å²) in [6, 6.07) is 2.61. The molecule has 0 atom stereocenters. The molecule has 8 heteroatoms. The summed E-state index contributed by atoms with van der Waals surface area (Å²) in [4.78, 5) is 24.5. The minimum absolute atomic E-state index is 0.103. The van der Waals surface area contributed by atoms with Gasteiger partial charge in [0.1, 0.15) is 12.2 Å². The van der Waals surface area contributed by atoms with Gasteiger partial charge in [0, 0.05) is 11.8 Å². The second kappa shape index (κ2) is 10.1. The Morgan fingerprint density at radius 2 is 2.10 bits per heavy atom. The number of carbonyl (C=O) groups is 2. The van der Waals surface area contributed by atoms with Gasteiger partial charge in [0.05, 0.1) is 12.5 Å². The van der Waals surface area contributed by atoms with Gasteiger partial charge in [-0.2, -0.15) is 0 Å². The van der Waals surface area contributed by atoms with Crippen molar-refractivity contribution in [2.75, 3.05) is 18.2 Å². The normalized spacial score (nSPS) is 9.65. The lowest BCUT2D eigenvalue weighted by Gasteiger charge is -1.97. The highest BCUT2D eigenvalue weighted by Crippen LogP contribution is 2.17. The summed E-state index contributed by atoms with van der Waals surface area (Å²) >= 11 is 5.14. The van der Waals surface area contributed by atoms with Crippen LogP contribution in [0.15, 0.2) is 18.3 Å². The van der Waals surface area contributed by atoms with Gasteiger partial charge in [-0.15, -0.1) is 11.6 Å². The summed E-state index contributed by atoms with van der Waals surface area (Å²) in [5.74, 6) is -0.684. The number of pyridine rings is 1. The molecule has 0 aliphatic heterocycles. The molecule has 0 aromatic carbocycles. The number of rotatable bonds is 5. The number of alkyl halides is 3. The molecular formula is C12H15ClF2N2O3. The maximum Gasteiger partial charge on any atom is 0.313 e. The van der Waals surface area contributed by atoms with Crippen molar-refractivity contribution in [1.29, 1.82) is 0 Å². The number of halogens is 3. The number of hydrogen-bond acceptors (Lipinski definition) is 5. The Morgan fingerprint density at radius 1 is 1.45 bits per heavy atom. The number of Topliss-reactive ketones (excluding diaryl/α,β-unsaturated/α-hetero) is 1. The second-order valence-corrected chi connectivity index (χ2v) is 3.74. The predicted octanol–water partition coefficient (Wildman–Crippen LogP) is 2.35. The first-order valence-corrected chi connectivity index (χ1v) is 6.17. The SMILES string of the molecule is CCOC(=O)CC(=O)CCl.Nc1ccc(C(F)F)cn1. The fraction of sp³-hybridized carbons (Fsp3) is 0.417. The molecule has 1 heterocycles. The molecule has 5 nitrogen and oxygen atoms in total. The quantitative estimate of drug-likeness (QED) is 0.513. The largest absolute Gasteiger partial charge is 0.466 e. The molecule has 0 saturated carbocycles. The van der Waals surface area contributed by atoms with Crippen LogP contribution in [0.2, 0.25) is 0 Å². The van der Waals surface area contributed by atoms with Crippen LogP contribution in [0.25, 0.3) is 0 Å². The molecule has 0 saturated heterocycles. The summed E-state index contributed by atoms with van der Waals surface area (Å²) < 4.78 is 28.1. The minimum atomic E-state index is -2.46. The third kappa shape index (κ3) is 8.36. The first-order valence-electron chi connectivity index (χ1n) is 5.63. The summed E-state index contributed by atoms with van der Waals surface area (Å²) in [5, 5.41) is 0. The summed E-state index contributed by atoms with van der Waals surface area (Å²) in [5.41, 5.74) is 5.07. The highest BCUT2D eigenvalue weighted by molar-refractivity contribution is 6.28. The van der Waals surface area contributed by atoms with Crippen molar-refractivity contribution in [3.63, 3.8) is 0 Å². The average Bonchev–Trinajstić information content (AvgIpc) is 2.40. The smallest absolute Gasteiger partial charge is 0.313 e. The highest BCUT2D eigenvalue weighted by Gasteiger charge is 2.07. The maximum absolute atomic E-state index is 11.8. The van der Waals surface area contributed by atoms with Crippen LogP contribution in [0.4, 0.5) is 14.6 Å². The molecule has 0 spiro atoms. The number of nitrogen functional groups attached to an aromatic ring is 1. The number of nitrogens with zero attached hydrogens (tertiary/aromatic N) is 1. The number of anilines is 1. The van der Waals surface area contributed by atoms with Gasteiger partial charge in [0.25, 0.3) is 6.43 Å². The fourth-order valence-electron chi connectivity index (χ4n) is 0.966. The van der Waals surface area contributed by atoms with Crippen LogP contribution in [0.5, 0.6) is 0 Å². The van der Waals surface area contributed by atoms with Crippen LogP contribution in [0.1, 0.15) is 25.3 Å². The zero-order valence-electron chi connectivity index (χ0n) is 10.8. The zero-order valence-corrected chi connectivity index (χ0v) is 11.6. The monoisotopic (exact) mass is 308 g/mol. The number of hydrogen-bond donors (Lipinski definition) is 1. The molecule has 1 aromatic heterocycles. The number of esters is 1. The molecule has 0 amide bonds. The molecule has 1 rings (SSSR count). The molecule has 2 N–H and O–H groups in total. The van der Waals surface area contributed by atoms with E-state index in [1.165, 1.54) is 12.1 Å². The number of aromatic nitrogens is 1. The lowest BCUT2D eigenvalue weighted by Crippen LogP contribution is -2.11. The van der Waals surface area contributed by atoms with Gasteiger partial charge in [-0.3, -0.25) is 9.59 Å². The lowest BCUT2D eigenvalue weighted by molar-refractivity contribution is -0.145. The Kier molecular flexibility index (Phi) is 9.19. The molecule has 0 unspecified atom stereocenters. The Labute approximate surface area is 120 Å². The Bertz CT molecular complexity index is 427. The topological polar surface area (TPSA) is 82.3 Å². The molecule has 0 fully saturated rings. The van der Waals surface area contributed by atoms with Crippen LogP contribution < -0.4 is 5.73 Å². The number of ether oxygens (including phenoxy) is 1. The number of nitrogens with two attached hydrogens (primary N) is 1. The van der Waals surface area contributed by atoms with Gasteiger partial charge in [0.15, 0.2) is 5.78 Å². The molecular weight excluding hydrogens is 294 g/mol. The predicted molar refractivity (Wildman–Crippen MR) is 70.6 cm³/mol. The van der Waals surface area contributed by atoms with Crippen LogP contribution in [-0.4, -0.2) is 29.2 Å². The molecule has 20 heavy (non-hydrogen) atoms. The Hall–Kier alpha value is -1.76. The molecule has 1 aromatic rings. The van der Waals surface area contributed by atoms with E-state index in [4.69, 9.17) is 17.3 Å². The standard InChI is InChI=1S/C6H9ClO3.C6H6F2N2/c1-2-10-6(9)3-5(8)4-7;7-6(8)4-1-2-5(9)10-3-4/h2-4H2,1H3;1-3,6H,(H2,9,10). The van der Waals surface area contributed by atoms with Crippen LogP contribution in [-0.2, 0) is 14.3 Å². The molecule has 0 radical (unpaired) electrons. The molecule has 0 aliphatic rings. The van der Waals surface area contributed by atoms with E-state index in [9.17, 15) is 18.4 Å². The molecule has 112 valence electrons. The first kappa shape index (κ1) is 18.2. The van der Waals surface area contributed by atoms with E-state index in [2.05, 4.69) is 9.72 Å². The number of ketones is 1. The fourth-order valence-corrected chi connectivity index (χ4v) is 1.06. The van der Waals surface area contributed by atoms with Crippen molar-refractivity contribution in [3.8, 4) is 0 Å². The van der Waals surface area contributed by atoms with Crippen molar-refractivity contribution in [3.05, 3.63) is 23.9 Å². The zero-order chi connectivity index (χ0) is 15.5. The minimum Gasteiger partial charge on any atom is -0.466 e. The van der Waals surface area contributed by atoms with E-state index in [0.29, 0.717) is 6.61 Å². The van der Waals surface area contributed by atoms with Crippen LogP contribution in [0, 0.1) is 0 Å². The van der Waals surface area contributed by atoms with Gasteiger partial charge in [-0.05, 0) is 19.1 Å². The summed E-state index contributed by atoms with van der Waals surface area (Å²) in [6.07, 6.45) is -1.61. The highest BCUT2D eigenvalue weighted by atomic mass is 35.5. The summed E-state index contributed by atoms with van der Waals surface area (Å²) in [7, 11) is 0. The van der Waals surface area contributed by atoms with Crippen molar-refractivity contribution in [2.24, 2.45) is 0 Å². The van der Waals surface area contributed by atoms with Gasteiger partial charge in [-0.1, -0.05) is 0 Å². The lowest BCUT2D eigenvalue weighted by atomic mass is 10.3. The van der Waals surface area contributed by atoms with Crippen molar-refractivity contribution in [1.82, 2.24) is 4.98 Å². The van der Waals surface area contributed by atoms with Crippen molar-refractivity contribution >= 4 is 29.2 Å². The van der Waals surface area contributed by atoms with Crippen LogP contribution >= 0.6 is 11.6 Å². The van der Waals surface area contributed by atoms with E-state index >= 15 is 0 Å². The van der Waals surface area contributed by atoms with E-state index in [-0.39, 0.29) is 29.5 Å². The third-order valence-corrected chi connectivity index (χ3v) is 2.16. The molecule has 0 aliphatic carbocycles. The Balaban J connectivity index is 0.000000361. The first-order chi connectivity index (χ1) is 9.40. The van der Waals surface area contributed by atoms with E-state index in [1.807, 2.05) is 0 Å². The second-order valence-electron chi connectivity index (χ2n) is 3.47. The van der Waals surface area contributed by atoms with Crippen LogP contribution in [0.3, 0.4) is 0 Å². The maximum atomic E-state index is 11.8. The van der Waals surface area contributed by atoms with Crippen molar-refractivity contribution in [2.45, 2.75) is 19.8 Å². The van der Waals surface area contributed by atoms with E-state index < -0.39 is 12.4 Å². The summed E-state index contributed by atoms with van der Waals surface area (Å²) in [6.45, 7) is 1.98.